The second kappa shape index (κ2) is 9.45. The molecular weight excluding hydrogens is 268 g/mol. The molecule has 1 heterocycles. The summed E-state index contributed by atoms with van der Waals surface area (Å²) in [6.07, 6.45) is 15.1. The standard InChI is InChI=1S/C20H30N2/c1-3-4-5-6-7-20(16-22-15-14-21-17-22)13-12-19-10-8-18(2)9-11-19/h8-11,14-15,17,20H,3-7,12-13,16H2,1-2H3. The van der Waals surface area contributed by atoms with Gasteiger partial charge in [0.15, 0.2) is 0 Å². The van der Waals surface area contributed by atoms with Gasteiger partial charge in [0, 0.05) is 18.9 Å². The van der Waals surface area contributed by atoms with Crippen LogP contribution in [-0.2, 0) is 13.0 Å². The molecule has 2 heteroatoms. The van der Waals surface area contributed by atoms with Crippen LogP contribution >= 0.6 is 0 Å². The molecule has 1 unspecified atom stereocenters. The molecule has 1 aromatic carbocycles. The molecule has 0 N–H and O–H groups in total. The third kappa shape index (κ3) is 6.05. The van der Waals surface area contributed by atoms with Crippen molar-refractivity contribution in [2.75, 3.05) is 0 Å². The van der Waals surface area contributed by atoms with Crippen molar-refractivity contribution < 1.29 is 0 Å². The van der Waals surface area contributed by atoms with E-state index in [0.717, 1.165) is 12.5 Å². The van der Waals surface area contributed by atoms with Crippen molar-refractivity contribution in [2.45, 2.75) is 65.3 Å². The molecule has 0 bridgehead atoms. The molecule has 0 fully saturated rings. The molecule has 0 saturated heterocycles. The summed E-state index contributed by atoms with van der Waals surface area (Å²) in [5, 5.41) is 0. The van der Waals surface area contributed by atoms with Crippen LogP contribution in [0.3, 0.4) is 0 Å². The van der Waals surface area contributed by atoms with Gasteiger partial charge in [-0.3, -0.25) is 0 Å². The summed E-state index contributed by atoms with van der Waals surface area (Å²) < 4.78 is 2.24. The van der Waals surface area contributed by atoms with Crippen molar-refractivity contribution in [3.63, 3.8) is 0 Å². The van der Waals surface area contributed by atoms with Gasteiger partial charge in [-0.15, -0.1) is 0 Å². The number of hydrogen-bond donors (Lipinski definition) is 0. The quantitative estimate of drug-likeness (QED) is 0.536. The Labute approximate surface area is 135 Å². The largest absolute Gasteiger partial charge is 0.337 e. The number of nitrogens with zero attached hydrogens (tertiary/aromatic N) is 2. The fraction of sp³-hybridized carbons (Fsp3) is 0.550. The molecule has 0 amide bonds. The maximum Gasteiger partial charge on any atom is 0.0945 e. The van der Waals surface area contributed by atoms with Crippen LogP contribution in [0, 0.1) is 12.8 Å². The van der Waals surface area contributed by atoms with Crippen molar-refractivity contribution in [1.29, 1.82) is 0 Å². The molecular formula is C20H30N2. The average molecular weight is 298 g/mol. The van der Waals surface area contributed by atoms with Crippen molar-refractivity contribution in [3.8, 4) is 0 Å². The van der Waals surface area contributed by atoms with E-state index in [2.05, 4.69) is 53.9 Å². The number of aromatic nitrogens is 2. The number of rotatable bonds is 10. The number of unbranched alkanes of at least 4 members (excludes halogenated alkanes) is 3. The zero-order valence-electron chi connectivity index (χ0n) is 14.2. The normalized spacial score (nSPS) is 12.5. The summed E-state index contributed by atoms with van der Waals surface area (Å²) in [5.41, 5.74) is 2.81. The average Bonchev–Trinajstić information content (AvgIpc) is 3.03. The lowest BCUT2D eigenvalue weighted by Crippen LogP contribution is -2.11. The molecule has 2 nitrogen and oxygen atoms in total. The molecule has 2 rings (SSSR count). The van der Waals surface area contributed by atoms with Gasteiger partial charge in [-0.25, -0.2) is 4.98 Å². The Bertz CT molecular complexity index is 499. The molecule has 0 spiro atoms. The molecule has 0 radical (unpaired) electrons. The second-order valence-corrected chi connectivity index (χ2v) is 6.50. The molecule has 0 aliphatic carbocycles. The molecule has 0 aliphatic heterocycles. The Morgan fingerprint density at radius 3 is 2.55 bits per heavy atom. The molecule has 0 aliphatic rings. The van der Waals surface area contributed by atoms with Gasteiger partial charge in [0.1, 0.15) is 0 Å². The molecule has 2 aromatic rings. The highest BCUT2D eigenvalue weighted by Gasteiger charge is 2.10. The zero-order valence-corrected chi connectivity index (χ0v) is 14.2. The van der Waals surface area contributed by atoms with Gasteiger partial charge in [0.05, 0.1) is 6.33 Å². The maximum atomic E-state index is 4.18. The predicted octanol–water partition coefficient (Wildman–Crippen LogP) is 5.41. The Balaban J connectivity index is 1.84. The highest BCUT2D eigenvalue weighted by molar-refractivity contribution is 5.21. The Morgan fingerprint density at radius 1 is 1.05 bits per heavy atom. The molecule has 1 aromatic heterocycles. The minimum atomic E-state index is 0.757. The maximum absolute atomic E-state index is 4.18. The van der Waals surface area contributed by atoms with Crippen molar-refractivity contribution in [3.05, 3.63) is 54.1 Å². The van der Waals surface area contributed by atoms with Gasteiger partial charge in [-0.1, -0.05) is 62.4 Å². The summed E-state index contributed by atoms with van der Waals surface area (Å²) in [6, 6.07) is 9.00. The summed E-state index contributed by atoms with van der Waals surface area (Å²) in [6.45, 7) is 5.54. The summed E-state index contributed by atoms with van der Waals surface area (Å²) in [4.78, 5) is 4.18. The minimum absolute atomic E-state index is 0.757. The van der Waals surface area contributed by atoms with Crippen LogP contribution in [0.5, 0.6) is 0 Å². The van der Waals surface area contributed by atoms with E-state index in [9.17, 15) is 0 Å². The van der Waals surface area contributed by atoms with Crippen molar-refractivity contribution >= 4 is 0 Å². The van der Waals surface area contributed by atoms with Crippen LogP contribution in [0.15, 0.2) is 43.0 Å². The van der Waals surface area contributed by atoms with E-state index >= 15 is 0 Å². The van der Waals surface area contributed by atoms with E-state index in [1.165, 1.54) is 56.1 Å². The monoisotopic (exact) mass is 298 g/mol. The van der Waals surface area contributed by atoms with Crippen LogP contribution in [0.4, 0.5) is 0 Å². The minimum Gasteiger partial charge on any atom is -0.337 e. The molecule has 22 heavy (non-hydrogen) atoms. The third-order valence-corrected chi connectivity index (χ3v) is 4.46. The number of imidazole rings is 1. The SMILES string of the molecule is CCCCCCC(CCc1ccc(C)cc1)Cn1ccnc1. The lowest BCUT2D eigenvalue weighted by Gasteiger charge is -2.17. The Hall–Kier alpha value is -1.57. The van der Waals surface area contributed by atoms with E-state index in [1.807, 2.05) is 12.5 Å². The first kappa shape index (κ1) is 16.8. The Morgan fingerprint density at radius 2 is 1.86 bits per heavy atom. The number of hydrogen-bond acceptors (Lipinski definition) is 1. The summed E-state index contributed by atoms with van der Waals surface area (Å²) in [7, 11) is 0. The Kier molecular flexibility index (Phi) is 7.21. The van der Waals surface area contributed by atoms with E-state index in [4.69, 9.17) is 0 Å². The first-order chi connectivity index (χ1) is 10.8. The second-order valence-electron chi connectivity index (χ2n) is 6.50. The van der Waals surface area contributed by atoms with E-state index in [0.29, 0.717) is 0 Å². The highest BCUT2D eigenvalue weighted by atomic mass is 15.0. The third-order valence-electron chi connectivity index (χ3n) is 4.46. The van der Waals surface area contributed by atoms with E-state index < -0.39 is 0 Å². The molecule has 0 saturated carbocycles. The zero-order chi connectivity index (χ0) is 15.6. The smallest absolute Gasteiger partial charge is 0.0945 e. The van der Waals surface area contributed by atoms with Crippen molar-refractivity contribution in [1.82, 2.24) is 9.55 Å². The van der Waals surface area contributed by atoms with Crippen LogP contribution in [0.1, 0.15) is 56.6 Å². The molecule has 1 atom stereocenters. The topological polar surface area (TPSA) is 17.8 Å². The summed E-state index contributed by atoms with van der Waals surface area (Å²) >= 11 is 0. The van der Waals surface area contributed by atoms with Gasteiger partial charge in [-0.05, 0) is 37.7 Å². The van der Waals surface area contributed by atoms with Gasteiger partial charge in [-0.2, -0.15) is 0 Å². The fourth-order valence-electron chi connectivity index (χ4n) is 3.01. The predicted molar refractivity (Wildman–Crippen MR) is 94.0 cm³/mol. The van der Waals surface area contributed by atoms with Gasteiger partial charge in [0.2, 0.25) is 0 Å². The van der Waals surface area contributed by atoms with Gasteiger partial charge < -0.3 is 4.57 Å². The first-order valence-corrected chi connectivity index (χ1v) is 8.79. The van der Waals surface area contributed by atoms with Crippen LogP contribution in [0.2, 0.25) is 0 Å². The van der Waals surface area contributed by atoms with Crippen LogP contribution in [-0.4, -0.2) is 9.55 Å². The molecule has 120 valence electrons. The number of benzene rings is 1. The van der Waals surface area contributed by atoms with E-state index in [-0.39, 0.29) is 0 Å². The highest BCUT2D eigenvalue weighted by Crippen LogP contribution is 2.19. The van der Waals surface area contributed by atoms with Gasteiger partial charge in [0.25, 0.3) is 0 Å². The first-order valence-electron chi connectivity index (χ1n) is 8.79. The lowest BCUT2D eigenvalue weighted by molar-refractivity contribution is 0.372. The van der Waals surface area contributed by atoms with Crippen LogP contribution < -0.4 is 0 Å². The van der Waals surface area contributed by atoms with Crippen molar-refractivity contribution in [2.24, 2.45) is 5.92 Å². The lowest BCUT2D eigenvalue weighted by atomic mass is 9.93. The van der Waals surface area contributed by atoms with E-state index in [1.54, 1.807) is 0 Å². The van der Waals surface area contributed by atoms with Gasteiger partial charge >= 0.3 is 0 Å². The summed E-state index contributed by atoms with van der Waals surface area (Å²) in [5.74, 6) is 0.757. The number of aryl methyl sites for hydroxylation is 2. The van der Waals surface area contributed by atoms with Crippen LogP contribution in [0.25, 0.3) is 0 Å². The fourth-order valence-corrected chi connectivity index (χ4v) is 3.01.